The average Bonchev–Trinajstić information content (AvgIpc) is 3.17. The Balaban J connectivity index is 1.75. The van der Waals surface area contributed by atoms with Crippen molar-refractivity contribution in [3.8, 4) is 5.75 Å². The average molecular weight is 316 g/mol. The highest BCUT2D eigenvalue weighted by atomic mass is 32.2. The molecule has 1 aromatic carbocycles. The molecule has 1 saturated carbocycles. The van der Waals surface area contributed by atoms with Crippen molar-refractivity contribution in [2.24, 2.45) is 0 Å². The van der Waals surface area contributed by atoms with Gasteiger partial charge in [0.1, 0.15) is 12.4 Å². The van der Waals surface area contributed by atoms with Crippen molar-refractivity contribution in [1.82, 2.24) is 4.72 Å². The molecule has 0 aromatic heterocycles. The Morgan fingerprint density at radius 3 is 2.80 bits per heavy atom. The Morgan fingerprint density at radius 2 is 2.20 bits per heavy atom. The van der Waals surface area contributed by atoms with Gasteiger partial charge in [-0.25, -0.2) is 13.1 Å². The van der Waals surface area contributed by atoms with E-state index in [1.165, 1.54) is 0 Å². The summed E-state index contributed by atoms with van der Waals surface area (Å²) in [6.45, 7) is 0.625. The SMILES string of the molecule is CSC1(CNS(=O)(=O)CCOc2cccc(N)c2)CC1. The molecule has 0 radical (unpaired) electrons. The molecule has 1 aliphatic rings. The van der Waals surface area contributed by atoms with Gasteiger partial charge in [-0.3, -0.25) is 0 Å². The molecule has 0 unspecified atom stereocenters. The number of hydrogen-bond donors (Lipinski definition) is 2. The molecule has 7 heteroatoms. The second kappa shape index (κ2) is 6.24. The van der Waals surface area contributed by atoms with Crippen LogP contribution >= 0.6 is 11.8 Å². The standard InChI is InChI=1S/C13H20N2O3S2/c1-19-13(5-6-13)10-15-20(16,17)8-7-18-12-4-2-3-11(14)9-12/h2-4,9,15H,5-8,10,14H2,1H3. The summed E-state index contributed by atoms with van der Waals surface area (Å²) in [4.78, 5) is 0. The van der Waals surface area contributed by atoms with Crippen LogP contribution in [0.25, 0.3) is 0 Å². The van der Waals surface area contributed by atoms with Gasteiger partial charge in [-0.1, -0.05) is 6.07 Å². The Bertz CT molecular complexity index is 556. The lowest BCUT2D eigenvalue weighted by Crippen LogP contribution is -2.34. The molecule has 5 nitrogen and oxygen atoms in total. The normalized spacial score (nSPS) is 16.9. The Morgan fingerprint density at radius 1 is 1.45 bits per heavy atom. The van der Waals surface area contributed by atoms with E-state index in [1.54, 1.807) is 36.0 Å². The van der Waals surface area contributed by atoms with E-state index in [4.69, 9.17) is 10.5 Å². The molecule has 0 atom stereocenters. The van der Waals surface area contributed by atoms with Gasteiger partial charge in [0.25, 0.3) is 0 Å². The predicted octanol–water partition coefficient (Wildman–Crippen LogP) is 1.46. The van der Waals surface area contributed by atoms with Gasteiger partial charge in [-0.05, 0) is 31.2 Å². The minimum Gasteiger partial charge on any atom is -0.492 e. The van der Waals surface area contributed by atoms with E-state index in [0.717, 1.165) is 12.8 Å². The molecule has 1 aliphatic carbocycles. The summed E-state index contributed by atoms with van der Waals surface area (Å²) in [6, 6.07) is 6.95. The number of thioether (sulfide) groups is 1. The van der Waals surface area contributed by atoms with Crippen LogP contribution in [0.3, 0.4) is 0 Å². The summed E-state index contributed by atoms with van der Waals surface area (Å²) in [5, 5.41) is 0. The van der Waals surface area contributed by atoms with Crippen molar-refractivity contribution < 1.29 is 13.2 Å². The van der Waals surface area contributed by atoms with Gasteiger partial charge in [0.2, 0.25) is 10.0 Å². The fourth-order valence-electron chi connectivity index (χ4n) is 1.78. The van der Waals surface area contributed by atoms with Gasteiger partial charge in [0, 0.05) is 23.0 Å². The molecule has 0 heterocycles. The number of ether oxygens (including phenoxy) is 1. The number of nitrogen functional groups attached to an aromatic ring is 1. The topological polar surface area (TPSA) is 81.4 Å². The summed E-state index contributed by atoms with van der Waals surface area (Å²) in [7, 11) is -3.28. The third-order valence-corrected chi connectivity index (χ3v) is 6.04. The number of nitrogens with two attached hydrogens (primary N) is 1. The van der Waals surface area contributed by atoms with Crippen LogP contribution in [0.1, 0.15) is 12.8 Å². The molecule has 3 N–H and O–H groups in total. The van der Waals surface area contributed by atoms with E-state index < -0.39 is 10.0 Å². The lowest BCUT2D eigenvalue weighted by Gasteiger charge is -2.13. The summed E-state index contributed by atoms with van der Waals surface area (Å²) in [5.41, 5.74) is 6.22. The molecule has 0 bridgehead atoms. The lowest BCUT2D eigenvalue weighted by atomic mass is 10.3. The van der Waals surface area contributed by atoms with Crippen molar-refractivity contribution in [2.75, 3.05) is 30.9 Å². The van der Waals surface area contributed by atoms with Crippen LogP contribution < -0.4 is 15.2 Å². The molecule has 0 saturated heterocycles. The first-order chi connectivity index (χ1) is 9.45. The number of hydrogen-bond acceptors (Lipinski definition) is 5. The Hall–Kier alpha value is -0.920. The van der Waals surface area contributed by atoms with E-state index in [9.17, 15) is 8.42 Å². The highest BCUT2D eigenvalue weighted by Crippen LogP contribution is 2.46. The van der Waals surface area contributed by atoms with Crippen molar-refractivity contribution in [2.45, 2.75) is 17.6 Å². The molecule has 112 valence electrons. The maximum atomic E-state index is 11.9. The van der Waals surface area contributed by atoms with Gasteiger partial charge in [0.05, 0.1) is 5.75 Å². The highest BCUT2D eigenvalue weighted by molar-refractivity contribution is 8.00. The van der Waals surface area contributed by atoms with Crippen molar-refractivity contribution >= 4 is 27.5 Å². The van der Waals surface area contributed by atoms with E-state index in [-0.39, 0.29) is 17.1 Å². The minimum atomic E-state index is -3.28. The molecule has 20 heavy (non-hydrogen) atoms. The molecule has 0 aliphatic heterocycles. The summed E-state index contributed by atoms with van der Waals surface area (Å²) in [5.74, 6) is 0.537. The monoisotopic (exact) mass is 316 g/mol. The van der Waals surface area contributed by atoms with Gasteiger partial charge in [-0.15, -0.1) is 0 Å². The van der Waals surface area contributed by atoms with Crippen molar-refractivity contribution in [3.05, 3.63) is 24.3 Å². The van der Waals surface area contributed by atoms with E-state index in [1.807, 2.05) is 6.26 Å². The van der Waals surface area contributed by atoms with Crippen LogP contribution in [0.5, 0.6) is 5.75 Å². The zero-order chi connectivity index (χ0) is 14.6. The van der Waals surface area contributed by atoms with Crippen LogP contribution in [0.4, 0.5) is 5.69 Å². The molecule has 0 spiro atoms. The quantitative estimate of drug-likeness (QED) is 0.710. The van der Waals surface area contributed by atoms with Gasteiger partial charge >= 0.3 is 0 Å². The predicted molar refractivity (Wildman–Crippen MR) is 83.6 cm³/mol. The minimum absolute atomic E-state index is 0.0493. The zero-order valence-electron chi connectivity index (χ0n) is 11.5. The molecular formula is C13H20N2O3S2. The van der Waals surface area contributed by atoms with Crippen LogP contribution in [0.15, 0.2) is 24.3 Å². The highest BCUT2D eigenvalue weighted by Gasteiger charge is 2.42. The molecule has 1 aromatic rings. The smallest absolute Gasteiger partial charge is 0.215 e. The van der Waals surface area contributed by atoms with Crippen molar-refractivity contribution in [3.63, 3.8) is 0 Å². The third kappa shape index (κ3) is 4.57. The second-order valence-electron chi connectivity index (χ2n) is 4.95. The van der Waals surface area contributed by atoms with Crippen LogP contribution in [-0.4, -0.2) is 38.3 Å². The molecular weight excluding hydrogens is 296 g/mol. The number of benzene rings is 1. The Kier molecular flexibility index (Phi) is 4.82. The second-order valence-corrected chi connectivity index (χ2v) is 8.15. The fraction of sp³-hybridized carbons (Fsp3) is 0.538. The number of sulfonamides is 1. The number of nitrogens with one attached hydrogen (secondary N) is 1. The third-order valence-electron chi connectivity index (χ3n) is 3.33. The molecule has 1 fully saturated rings. The Labute approximate surface area is 124 Å². The maximum absolute atomic E-state index is 11.9. The zero-order valence-corrected chi connectivity index (χ0v) is 13.1. The van der Waals surface area contributed by atoms with Crippen LogP contribution in [0, 0.1) is 0 Å². The maximum Gasteiger partial charge on any atom is 0.215 e. The molecule has 2 rings (SSSR count). The van der Waals surface area contributed by atoms with Gasteiger partial charge in [-0.2, -0.15) is 11.8 Å². The van der Waals surface area contributed by atoms with E-state index in [0.29, 0.717) is 18.0 Å². The fourth-order valence-corrected chi connectivity index (χ4v) is 3.54. The van der Waals surface area contributed by atoms with Crippen molar-refractivity contribution in [1.29, 1.82) is 0 Å². The number of anilines is 1. The summed E-state index contributed by atoms with van der Waals surface area (Å²) < 4.78 is 31.9. The summed E-state index contributed by atoms with van der Waals surface area (Å²) in [6.07, 6.45) is 4.18. The summed E-state index contributed by atoms with van der Waals surface area (Å²) >= 11 is 1.73. The van der Waals surface area contributed by atoms with Crippen LogP contribution in [0.2, 0.25) is 0 Å². The van der Waals surface area contributed by atoms with Crippen LogP contribution in [-0.2, 0) is 10.0 Å². The largest absolute Gasteiger partial charge is 0.492 e. The van der Waals surface area contributed by atoms with Gasteiger partial charge < -0.3 is 10.5 Å². The molecule has 0 amide bonds. The van der Waals surface area contributed by atoms with E-state index >= 15 is 0 Å². The lowest BCUT2D eigenvalue weighted by molar-refractivity contribution is 0.340. The number of rotatable bonds is 8. The first-order valence-corrected chi connectivity index (χ1v) is 9.33. The first-order valence-electron chi connectivity index (χ1n) is 6.46. The van der Waals surface area contributed by atoms with E-state index in [2.05, 4.69) is 4.72 Å². The first kappa shape index (κ1) is 15.5. The van der Waals surface area contributed by atoms with Gasteiger partial charge in [0.15, 0.2) is 0 Å².